The first-order valence-electron chi connectivity index (χ1n) is 4.69. The van der Waals surface area contributed by atoms with E-state index in [-0.39, 0.29) is 6.04 Å². The molecule has 2 rings (SSSR count). The zero-order valence-electron chi connectivity index (χ0n) is 6.87. The van der Waals surface area contributed by atoms with Gasteiger partial charge in [0.05, 0.1) is 0 Å². The molecule has 64 valence electrons. The molecule has 4 atom stereocenters. The quantitative estimate of drug-likeness (QED) is 0.586. The Morgan fingerprint density at radius 3 is 2.91 bits per heavy atom. The van der Waals surface area contributed by atoms with Gasteiger partial charge in [0.1, 0.15) is 0 Å². The Morgan fingerprint density at radius 2 is 2.18 bits per heavy atom. The smallest absolute Gasteiger partial charge is 0.0476 e. The molecule has 0 aromatic rings. The second kappa shape index (κ2) is 2.76. The van der Waals surface area contributed by atoms with Crippen molar-refractivity contribution in [3.05, 3.63) is 0 Å². The predicted molar refractivity (Wildman–Crippen MR) is 44.0 cm³/mol. The first-order chi connectivity index (χ1) is 5.33. The molecule has 0 aromatic heterocycles. The lowest BCUT2D eigenvalue weighted by molar-refractivity contribution is 0.178. The van der Waals surface area contributed by atoms with Gasteiger partial charge < -0.3 is 10.8 Å². The van der Waals surface area contributed by atoms with Crippen molar-refractivity contribution in [2.24, 2.45) is 23.5 Å². The molecule has 0 bridgehead atoms. The van der Waals surface area contributed by atoms with Gasteiger partial charge in [-0.05, 0) is 24.7 Å². The van der Waals surface area contributed by atoms with E-state index in [0.29, 0.717) is 12.5 Å². The number of aliphatic hydroxyl groups is 1. The summed E-state index contributed by atoms with van der Waals surface area (Å²) in [5, 5.41) is 9.10. The predicted octanol–water partition coefficient (Wildman–Crippen LogP) is 0.742. The van der Waals surface area contributed by atoms with Crippen LogP contribution in [0.25, 0.3) is 0 Å². The second-order valence-corrected chi connectivity index (χ2v) is 4.10. The molecule has 0 aromatic carbocycles. The van der Waals surface area contributed by atoms with E-state index in [9.17, 15) is 0 Å². The zero-order valence-corrected chi connectivity index (χ0v) is 6.87. The number of fused-ring (bicyclic) bond motifs is 1. The van der Waals surface area contributed by atoms with Gasteiger partial charge in [-0.3, -0.25) is 0 Å². The fraction of sp³-hybridized carbons (Fsp3) is 1.00. The normalized spacial score (nSPS) is 49.6. The summed E-state index contributed by atoms with van der Waals surface area (Å²) in [6.07, 6.45) is 5.19. The van der Waals surface area contributed by atoms with Crippen LogP contribution in [0.15, 0.2) is 0 Å². The Labute approximate surface area is 67.8 Å². The van der Waals surface area contributed by atoms with Crippen LogP contribution < -0.4 is 5.73 Å². The highest BCUT2D eigenvalue weighted by molar-refractivity contribution is 4.95. The Balaban J connectivity index is 2.07. The molecule has 2 aliphatic carbocycles. The molecule has 0 amide bonds. The summed E-state index contributed by atoms with van der Waals surface area (Å²) in [4.78, 5) is 0. The van der Waals surface area contributed by atoms with Crippen molar-refractivity contribution in [2.75, 3.05) is 6.61 Å². The lowest BCUT2D eigenvalue weighted by atomic mass is 9.92. The van der Waals surface area contributed by atoms with Crippen LogP contribution in [-0.4, -0.2) is 17.8 Å². The Morgan fingerprint density at radius 1 is 1.36 bits per heavy atom. The molecule has 2 saturated carbocycles. The third-order valence-electron chi connectivity index (χ3n) is 3.60. The Bertz CT molecular complexity index is 148. The number of rotatable bonds is 1. The molecule has 3 N–H and O–H groups in total. The fourth-order valence-corrected chi connectivity index (χ4v) is 3.03. The second-order valence-electron chi connectivity index (χ2n) is 4.10. The largest absolute Gasteiger partial charge is 0.396 e. The van der Waals surface area contributed by atoms with Gasteiger partial charge in [0.25, 0.3) is 0 Å². The van der Waals surface area contributed by atoms with E-state index in [1.807, 2.05) is 0 Å². The van der Waals surface area contributed by atoms with Crippen molar-refractivity contribution < 1.29 is 5.11 Å². The average Bonchev–Trinajstić information content (AvgIpc) is 2.46. The van der Waals surface area contributed by atoms with Crippen LogP contribution in [0.5, 0.6) is 0 Å². The summed E-state index contributed by atoms with van der Waals surface area (Å²) in [7, 11) is 0. The van der Waals surface area contributed by atoms with Crippen LogP contribution in [0.3, 0.4) is 0 Å². The molecule has 0 spiro atoms. The number of hydrogen-bond donors (Lipinski definition) is 2. The minimum absolute atomic E-state index is 0.287. The van der Waals surface area contributed by atoms with Crippen molar-refractivity contribution in [1.29, 1.82) is 0 Å². The minimum atomic E-state index is 0.287. The van der Waals surface area contributed by atoms with E-state index >= 15 is 0 Å². The summed E-state index contributed by atoms with van der Waals surface area (Å²) in [5.74, 6) is 2.03. The molecule has 2 nitrogen and oxygen atoms in total. The lowest BCUT2D eigenvalue weighted by Gasteiger charge is -2.18. The summed E-state index contributed by atoms with van der Waals surface area (Å²) < 4.78 is 0. The first kappa shape index (κ1) is 7.56. The summed E-state index contributed by atoms with van der Waals surface area (Å²) in [5.41, 5.74) is 5.92. The van der Waals surface area contributed by atoms with Crippen LogP contribution in [0.1, 0.15) is 25.7 Å². The number of nitrogens with two attached hydrogens (primary N) is 1. The van der Waals surface area contributed by atoms with Crippen molar-refractivity contribution in [3.8, 4) is 0 Å². The third-order valence-corrected chi connectivity index (χ3v) is 3.60. The van der Waals surface area contributed by atoms with Crippen molar-refractivity contribution in [1.82, 2.24) is 0 Å². The average molecular weight is 155 g/mol. The monoisotopic (exact) mass is 155 g/mol. The van der Waals surface area contributed by atoms with E-state index < -0.39 is 0 Å². The van der Waals surface area contributed by atoms with Gasteiger partial charge in [-0.15, -0.1) is 0 Å². The van der Waals surface area contributed by atoms with E-state index in [1.165, 1.54) is 19.3 Å². The SMILES string of the molecule is NC1CC2CCCC2C1CO. The van der Waals surface area contributed by atoms with Crippen LogP contribution in [0.4, 0.5) is 0 Å². The molecule has 0 radical (unpaired) electrons. The molecule has 0 aliphatic heterocycles. The Kier molecular flexibility index (Phi) is 1.90. The van der Waals surface area contributed by atoms with Gasteiger partial charge in [0, 0.05) is 18.6 Å². The molecule has 2 fully saturated rings. The highest BCUT2D eigenvalue weighted by Gasteiger charge is 2.43. The van der Waals surface area contributed by atoms with Crippen molar-refractivity contribution in [2.45, 2.75) is 31.7 Å². The van der Waals surface area contributed by atoms with E-state index in [4.69, 9.17) is 10.8 Å². The van der Waals surface area contributed by atoms with Crippen LogP contribution in [0, 0.1) is 17.8 Å². The van der Waals surface area contributed by atoms with Gasteiger partial charge in [-0.1, -0.05) is 12.8 Å². The van der Waals surface area contributed by atoms with E-state index in [1.54, 1.807) is 0 Å². The van der Waals surface area contributed by atoms with Gasteiger partial charge in [-0.25, -0.2) is 0 Å². The van der Waals surface area contributed by atoms with Gasteiger partial charge in [0.2, 0.25) is 0 Å². The van der Waals surface area contributed by atoms with Crippen LogP contribution in [0.2, 0.25) is 0 Å². The molecule has 0 heterocycles. The van der Waals surface area contributed by atoms with Gasteiger partial charge in [0.15, 0.2) is 0 Å². The van der Waals surface area contributed by atoms with Crippen LogP contribution in [-0.2, 0) is 0 Å². The molecule has 2 heteroatoms. The van der Waals surface area contributed by atoms with E-state index in [2.05, 4.69) is 0 Å². The fourth-order valence-electron chi connectivity index (χ4n) is 3.03. The molecular formula is C9H17NO. The van der Waals surface area contributed by atoms with E-state index in [0.717, 1.165) is 18.3 Å². The Hall–Kier alpha value is -0.0800. The van der Waals surface area contributed by atoms with Gasteiger partial charge in [-0.2, -0.15) is 0 Å². The summed E-state index contributed by atoms with van der Waals surface area (Å²) in [6.45, 7) is 0.308. The third kappa shape index (κ3) is 1.09. The number of aliphatic hydroxyl groups excluding tert-OH is 1. The zero-order chi connectivity index (χ0) is 7.84. The first-order valence-corrected chi connectivity index (χ1v) is 4.69. The molecule has 4 unspecified atom stereocenters. The topological polar surface area (TPSA) is 46.2 Å². The summed E-state index contributed by atoms with van der Waals surface area (Å²) in [6, 6.07) is 0.287. The highest BCUT2D eigenvalue weighted by atomic mass is 16.3. The maximum absolute atomic E-state index is 9.10. The standard InChI is InChI=1S/C9H17NO/c10-9-4-6-2-1-3-7(6)8(9)5-11/h6-9,11H,1-5,10H2. The van der Waals surface area contributed by atoms with Crippen LogP contribution >= 0.6 is 0 Å². The molecular weight excluding hydrogens is 138 g/mol. The molecule has 2 aliphatic rings. The maximum Gasteiger partial charge on any atom is 0.0476 e. The lowest BCUT2D eigenvalue weighted by Crippen LogP contribution is -2.30. The molecule has 0 saturated heterocycles. The highest BCUT2D eigenvalue weighted by Crippen LogP contribution is 2.46. The maximum atomic E-state index is 9.10. The summed E-state index contributed by atoms with van der Waals surface area (Å²) >= 11 is 0. The minimum Gasteiger partial charge on any atom is -0.396 e. The van der Waals surface area contributed by atoms with Gasteiger partial charge >= 0.3 is 0 Å². The number of hydrogen-bond acceptors (Lipinski definition) is 2. The van der Waals surface area contributed by atoms with Crippen molar-refractivity contribution in [3.63, 3.8) is 0 Å². The van der Waals surface area contributed by atoms with Crippen molar-refractivity contribution >= 4 is 0 Å². The molecule has 11 heavy (non-hydrogen) atoms.